The maximum atomic E-state index is 12.1. The summed E-state index contributed by atoms with van der Waals surface area (Å²) >= 11 is 0. The highest BCUT2D eigenvalue weighted by atomic mass is 16.5. The molecule has 0 aliphatic carbocycles. The summed E-state index contributed by atoms with van der Waals surface area (Å²) in [4.78, 5) is 23.8. The van der Waals surface area contributed by atoms with Gasteiger partial charge in [-0.05, 0) is 34.9 Å². The maximum Gasteiger partial charge on any atom is 0.338 e. The summed E-state index contributed by atoms with van der Waals surface area (Å²) in [5, 5.41) is 9.34. The Morgan fingerprint density at radius 2 is 1.83 bits per heavy atom. The standard InChI is InChI=1S/C22H24N4O4/c1-3-29-21(27)19-11-9-18(10-12-19)14-23-22(28)24-20-15-26(25-30-20)16(2)13-17-7-5-4-6-8-17/h4-12,15-16H,3,13-14H2,1-2H3,(H-,23,24,25,28)/p+1. The lowest BCUT2D eigenvalue weighted by Crippen LogP contribution is -2.40. The normalized spacial score (nSPS) is 11.5. The van der Waals surface area contributed by atoms with Crippen LogP contribution in [0.2, 0.25) is 0 Å². The second kappa shape index (κ2) is 10.2. The molecule has 0 saturated carbocycles. The lowest BCUT2D eigenvalue weighted by Gasteiger charge is -2.06. The van der Waals surface area contributed by atoms with Crippen molar-refractivity contribution >= 4 is 17.9 Å². The number of anilines is 1. The van der Waals surface area contributed by atoms with E-state index in [4.69, 9.17) is 9.26 Å². The van der Waals surface area contributed by atoms with Gasteiger partial charge in [-0.15, -0.1) is 0 Å². The largest absolute Gasteiger partial charge is 0.462 e. The summed E-state index contributed by atoms with van der Waals surface area (Å²) in [5.74, 6) is -0.111. The molecule has 1 heterocycles. The van der Waals surface area contributed by atoms with Crippen molar-refractivity contribution in [3.63, 3.8) is 0 Å². The molecule has 0 aliphatic heterocycles. The molecule has 8 heteroatoms. The summed E-state index contributed by atoms with van der Waals surface area (Å²) in [7, 11) is 0. The van der Waals surface area contributed by atoms with Crippen LogP contribution in [0.5, 0.6) is 0 Å². The molecular weight excluding hydrogens is 384 g/mol. The number of benzene rings is 2. The molecule has 0 spiro atoms. The molecule has 3 aromatic rings. The van der Waals surface area contributed by atoms with E-state index in [2.05, 4.69) is 28.0 Å². The van der Waals surface area contributed by atoms with E-state index in [1.807, 2.05) is 25.1 Å². The molecule has 0 bridgehead atoms. The number of aromatic nitrogens is 2. The first kappa shape index (κ1) is 21.0. The van der Waals surface area contributed by atoms with E-state index in [0.717, 1.165) is 12.0 Å². The van der Waals surface area contributed by atoms with Crippen LogP contribution in [-0.4, -0.2) is 23.9 Å². The van der Waals surface area contributed by atoms with Crippen molar-refractivity contribution in [3.05, 3.63) is 77.5 Å². The third-order valence-corrected chi connectivity index (χ3v) is 4.46. The molecular formula is C22H25N4O4+. The predicted molar refractivity (Wildman–Crippen MR) is 110 cm³/mol. The zero-order valence-corrected chi connectivity index (χ0v) is 17.0. The van der Waals surface area contributed by atoms with E-state index in [0.29, 0.717) is 18.7 Å². The van der Waals surface area contributed by atoms with Crippen LogP contribution in [-0.2, 0) is 17.7 Å². The average Bonchev–Trinajstić information content (AvgIpc) is 3.22. The predicted octanol–water partition coefficient (Wildman–Crippen LogP) is 3.26. The van der Waals surface area contributed by atoms with E-state index in [-0.39, 0.29) is 17.9 Å². The molecule has 1 unspecified atom stereocenters. The van der Waals surface area contributed by atoms with Crippen LogP contribution in [0.15, 0.2) is 65.3 Å². The van der Waals surface area contributed by atoms with Gasteiger partial charge < -0.3 is 10.1 Å². The van der Waals surface area contributed by atoms with Crippen molar-refractivity contribution in [1.82, 2.24) is 10.6 Å². The third kappa shape index (κ3) is 5.91. The van der Waals surface area contributed by atoms with Gasteiger partial charge >= 0.3 is 17.9 Å². The number of esters is 1. The van der Waals surface area contributed by atoms with Crippen molar-refractivity contribution in [2.45, 2.75) is 32.9 Å². The van der Waals surface area contributed by atoms with Crippen LogP contribution in [0.25, 0.3) is 0 Å². The summed E-state index contributed by atoms with van der Waals surface area (Å²) in [5.41, 5.74) is 2.52. The van der Waals surface area contributed by atoms with Gasteiger partial charge in [-0.1, -0.05) is 42.5 Å². The van der Waals surface area contributed by atoms with Crippen molar-refractivity contribution in [2.75, 3.05) is 11.9 Å². The molecule has 8 nitrogen and oxygen atoms in total. The molecule has 3 rings (SSSR count). The minimum absolute atomic E-state index is 0.0766. The molecule has 0 radical (unpaired) electrons. The second-order valence-electron chi connectivity index (χ2n) is 6.81. The van der Waals surface area contributed by atoms with Crippen molar-refractivity contribution in [3.8, 4) is 0 Å². The fourth-order valence-corrected chi connectivity index (χ4v) is 2.88. The van der Waals surface area contributed by atoms with Crippen molar-refractivity contribution in [1.29, 1.82) is 0 Å². The van der Waals surface area contributed by atoms with E-state index in [1.54, 1.807) is 42.1 Å². The van der Waals surface area contributed by atoms with E-state index in [9.17, 15) is 9.59 Å². The Labute approximate surface area is 174 Å². The van der Waals surface area contributed by atoms with Crippen LogP contribution < -0.4 is 15.3 Å². The fourth-order valence-electron chi connectivity index (χ4n) is 2.88. The Kier molecular flexibility index (Phi) is 7.15. The van der Waals surface area contributed by atoms with Gasteiger partial charge in [-0.2, -0.15) is 0 Å². The topological polar surface area (TPSA) is 97.3 Å². The highest BCUT2D eigenvalue weighted by molar-refractivity contribution is 5.89. The van der Waals surface area contributed by atoms with Gasteiger partial charge in [0.1, 0.15) is 0 Å². The molecule has 156 valence electrons. The monoisotopic (exact) mass is 409 g/mol. The summed E-state index contributed by atoms with van der Waals surface area (Å²) in [6.45, 7) is 4.41. The SMILES string of the molecule is CCOC(=O)c1ccc(CNC(=O)Nc2c[n+](C(C)Cc3ccccc3)no2)cc1. The lowest BCUT2D eigenvalue weighted by molar-refractivity contribution is -0.782. The number of carbonyl (C=O) groups excluding carboxylic acids is 2. The highest BCUT2D eigenvalue weighted by Gasteiger charge is 2.21. The Morgan fingerprint density at radius 3 is 2.53 bits per heavy atom. The molecule has 0 fully saturated rings. The first-order valence-electron chi connectivity index (χ1n) is 9.78. The van der Waals surface area contributed by atoms with Gasteiger partial charge in [0, 0.05) is 19.9 Å². The van der Waals surface area contributed by atoms with E-state index in [1.165, 1.54) is 5.56 Å². The average molecular weight is 409 g/mol. The van der Waals surface area contributed by atoms with Crippen LogP contribution in [0.3, 0.4) is 0 Å². The van der Waals surface area contributed by atoms with Crippen LogP contribution >= 0.6 is 0 Å². The number of carbonyl (C=O) groups is 2. The van der Waals surface area contributed by atoms with Gasteiger partial charge in [0.05, 0.1) is 12.2 Å². The number of amides is 2. The Bertz CT molecular complexity index is 970. The Hall–Kier alpha value is -3.68. The quantitative estimate of drug-likeness (QED) is 0.440. The minimum atomic E-state index is -0.413. The van der Waals surface area contributed by atoms with Crippen LogP contribution in [0, 0.1) is 0 Å². The van der Waals surface area contributed by atoms with E-state index >= 15 is 0 Å². The lowest BCUT2D eigenvalue weighted by atomic mass is 10.1. The Morgan fingerprint density at radius 1 is 1.10 bits per heavy atom. The van der Waals surface area contributed by atoms with E-state index < -0.39 is 6.03 Å². The van der Waals surface area contributed by atoms with Gasteiger partial charge in [0.15, 0.2) is 6.04 Å². The molecule has 2 amide bonds. The molecule has 1 atom stereocenters. The molecule has 2 N–H and O–H groups in total. The highest BCUT2D eigenvalue weighted by Crippen LogP contribution is 2.10. The maximum absolute atomic E-state index is 12.1. The van der Waals surface area contributed by atoms with Gasteiger partial charge in [0.2, 0.25) is 5.27 Å². The van der Waals surface area contributed by atoms with Gasteiger partial charge in [-0.3, -0.25) is 9.84 Å². The summed E-state index contributed by atoms with van der Waals surface area (Å²) in [6, 6.07) is 16.6. The number of nitrogens with zero attached hydrogens (tertiary/aromatic N) is 2. The fraction of sp³-hybridized carbons (Fsp3) is 0.273. The number of rotatable bonds is 8. The first-order valence-corrected chi connectivity index (χ1v) is 9.78. The molecule has 0 saturated heterocycles. The second-order valence-corrected chi connectivity index (χ2v) is 6.81. The number of hydrogen-bond donors (Lipinski definition) is 2. The summed E-state index contributed by atoms with van der Waals surface area (Å²) < 4.78 is 11.8. The third-order valence-electron chi connectivity index (χ3n) is 4.46. The van der Waals surface area contributed by atoms with Crippen LogP contribution in [0.1, 0.15) is 41.4 Å². The zero-order valence-electron chi connectivity index (χ0n) is 17.0. The molecule has 2 aromatic carbocycles. The number of urea groups is 1. The summed E-state index contributed by atoms with van der Waals surface area (Å²) in [6.07, 6.45) is 2.45. The van der Waals surface area contributed by atoms with Crippen molar-refractivity contribution < 1.29 is 23.5 Å². The molecule has 30 heavy (non-hydrogen) atoms. The first-order chi connectivity index (χ1) is 14.5. The van der Waals surface area contributed by atoms with Crippen LogP contribution in [0.4, 0.5) is 10.7 Å². The van der Waals surface area contributed by atoms with Gasteiger partial charge in [0.25, 0.3) is 6.20 Å². The molecule has 0 aliphatic rings. The number of nitrogens with one attached hydrogen (secondary N) is 2. The Balaban J connectivity index is 1.48. The van der Waals surface area contributed by atoms with Gasteiger partial charge in [-0.25, -0.2) is 9.59 Å². The smallest absolute Gasteiger partial charge is 0.338 e. The van der Waals surface area contributed by atoms with Crippen molar-refractivity contribution in [2.24, 2.45) is 0 Å². The minimum Gasteiger partial charge on any atom is -0.462 e. The molecule has 1 aromatic heterocycles. The number of hydrogen-bond acceptors (Lipinski definition) is 5. The number of ether oxygens (including phenoxy) is 1. The zero-order chi connectivity index (χ0) is 21.3.